The molecule has 116 valence electrons. The summed E-state index contributed by atoms with van der Waals surface area (Å²) in [5.41, 5.74) is 3.27. The van der Waals surface area contributed by atoms with E-state index in [0.717, 1.165) is 23.4 Å². The maximum Gasteiger partial charge on any atom is 0.257 e. The molecule has 1 aromatic heterocycles. The van der Waals surface area contributed by atoms with Crippen LogP contribution in [0.5, 0.6) is 0 Å². The van der Waals surface area contributed by atoms with Crippen LogP contribution in [0, 0.1) is 0 Å². The van der Waals surface area contributed by atoms with Crippen molar-refractivity contribution in [2.24, 2.45) is 0 Å². The van der Waals surface area contributed by atoms with Crippen molar-refractivity contribution in [3.05, 3.63) is 53.9 Å². The minimum absolute atomic E-state index is 0.0778. The predicted octanol–water partition coefficient (Wildman–Crippen LogP) is 4.11. The lowest BCUT2D eigenvalue weighted by molar-refractivity contribution is 0.102. The Hall–Kier alpha value is -2.36. The highest BCUT2D eigenvalue weighted by Crippen LogP contribution is 2.18. The zero-order valence-electron chi connectivity index (χ0n) is 13.6. The molecule has 0 aliphatic heterocycles. The fourth-order valence-electron chi connectivity index (χ4n) is 2.21. The smallest absolute Gasteiger partial charge is 0.257 e. The van der Waals surface area contributed by atoms with Crippen LogP contribution in [0.3, 0.4) is 0 Å². The van der Waals surface area contributed by atoms with Gasteiger partial charge in [0.25, 0.3) is 5.91 Å². The number of benzene rings is 1. The number of nitrogens with one attached hydrogen (secondary N) is 2. The number of aromatic nitrogens is 1. The monoisotopic (exact) mass is 297 g/mol. The first-order valence-corrected chi connectivity index (χ1v) is 7.51. The van der Waals surface area contributed by atoms with Crippen LogP contribution in [0.15, 0.2) is 42.7 Å². The molecule has 4 heteroatoms. The minimum Gasteiger partial charge on any atom is -0.379 e. The van der Waals surface area contributed by atoms with Gasteiger partial charge in [0, 0.05) is 23.6 Å². The molecule has 1 heterocycles. The summed E-state index contributed by atoms with van der Waals surface area (Å²) in [6.07, 6.45) is 4.18. The summed E-state index contributed by atoms with van der Waals surface area (Å²) < 4.78 is 0. The molecule has 2 aromatic rings. The zero-order valence-corrected chi connectivity index (χ0v) is 13.6. The van der Waals surface area contributed by atoms with Gasteiger partial charge in [-0.15, -0.1) is 0 Å². The Morgan fingerprint density at radius 3 is 2.59 bits per heavy atom. The highest BCUT2D eigenvalue weighted by molar-refractivity contribution is 6.04. The topological polar surface area (TPSA) is 54.0 Å². The summed E-state index contributed by atoms with van der Waals surface area (Å²) in [6.45, 7) is 8.27. The Bertz CT molecular complexity index is 659. The van der Waals surface area contributed by atoms with Gasteiger partial charge in [0.1, 0.15) is 0 Å². The molecule has 0 atom stereocenters. The third-order valence-electron chi connectivity index (χ3n) is 3.17. The molecule has 2 rings (SSSR count). The van der Waals surface area contributed by atoms with E-state index in [1.807, 2.05) is 30.3 Å². The summed E-state index contributed by atoms with van der Waals surface area (Å²) in [5.74, 6) is -0.147. The summed E-state index contributed by atoms with van der Waals surface area (Å²) in [4.78, 5) is 16.6. The van der Waals surface area contributed by atoms with Gasteiger partial charge in [0.2, 0.25) is 0 Å². The lowest BCUT2D eigenvalue weighted by atomic mass is 10.1. The number of hydrogen-bond acceptors (Lipinski definition) is 3. The SMILES string of the molecule is CCc1ccccc1NC(=O)c1cncc(NC(C)(C)C)c1. The van der Waals surface area contributed by atoms with Crippen LogP contribution in [-0.2, 0) is 6.42 Å². The Morgan fingerprint density at radius 1 is 1.18 bits per heavy atom. The van der Waals surface area contributed by atoms with Crippen molar-refractivity contribution in [2.75, 3.05) is 10.6 Å². The Balaban J connectivity index is 2.18. The van der Waals surface area contributed by atoms with E-state index in [0.29, 0.717) is 5.56 Å². The van der Waals surface area contributed by atoms with Crippen LogP contribution in [0.4, 0.5) is 11.4 Å². The predicted molar refractivity (Wildman–Crippen MR) is 91.4 cm³/mol. The molecule has 0 bridgehead atoms. The average molecular weight is 297 g/mol. The molecule has 0 saturated heterocycles. The molecule has 2 N–H and O–H groups in total. The van der Waals surface area contributed by atoms with Gasteiger partial charge in [0.15, 0.2) is 0 Å². The molecular formula is C18H23N3O. The number of rotatable bonds is 4. The lowest BCUT2D eigenvalue weighted by Crippen LogP contribution is -2.26. The largest absolute Gasteiger partial charge is 0.379 e. The number of amides is 1. The first-order valence-electron chi connectivity index (χ1n) is 7.51. The van der Waals surface area contributed by atoms with Crippen LogP contribution in [0.2, 0.25) is 0 Å². The number of pyridine rings is 1. The first-order chi connectivity index (χ1) is 10.4. The van der Waals surface area contributed by atoms with Gasteiger partial charge < -0.3 is 10.6 Å². The van der Waals surface area contributed by atoms with Crippen molar-refractivity contribution in [3.63, 3.8) is 0 Å². The van der Waals surface area contributed by atoms with Crippen molar-refractivity contribution in [1.82, 2.24) is 4.98 Å². The minimum atomic E-state index is -0.147. The highest BCUT2D eigenvalue weighted by Gasteiger charge is 2.13. The highest BCUT2D eigenvalue weighted by atomic mass is 16.1. The van der Waals surface area contributed by atoms with Gasteiger partial charge >= 0.3 is 0 Å². The Labute approximate surface area is 132 Å². The molecule has 0 radical (unpaired) electrons. The fourth-order valence-corrected chi connectivity index (χ4v) is 2.21. The van der Waals surface area contributed by atoms with Crippen molar-refractivity contribution >= 4 is 17.3 Å². The average Bonchev–Trinajstić information content (AvgIpc) is 2.46. The third-order valence-corrected chi connectivity index (χ3v) is 3.17. The molecule has 0 saturated carbocycles. The normalized spacial score (nSPS) is 11.1. The molecule has 0 aliphatic carbocycles. The number of nitrogens with zero attached hydrogens (tertiary/aromatic N) is 1. The van der Waals surface area contributed by atoms with E-state index in [-0.39, 0.29) is 11.4 Å². The van der Waals surface area contributed by atoms with Crippen LogP contribution in [-0.4, -0.2) is 16.4 Å². The second kappa shape index (κ2) is 6.60. The van der Waals surface area contributed by atoms with Gasteiger partial charge in [-0.05, 0) is 44.9 Å². The summed E-state index contributed by atoms with van der Waals surface area (Å²) in [7, 11) is 0. The molecular weight excluding hydrogens is 274 g/mol. The van der Waals surface area contributed by atoms with E-state index in [1.54, 1.807) is 12.4 Å². The summed E-state index contributed by atoms with van der Waals surface area (Å²) >= 11 is 0. The van der Waals surface area contributed by atoms with E-state index in [4.69, 9.17) is 0 Å². The Morgan fingerprint density at radius 2 is 1.91 bits per heavy atom. The molecule has 0 unspecified atom stereocenters. The molecule has 1 amide bonds. The van der Waals surface area contributed by atoms with E-state index in [9.17, 15) is 4.79 Å². The standard InChI is InChI=1S/C18H23N3O/c1-5-13-8-6-7-9-16(13)20-17(22)14-10-15(12-19-11-14)21-18(2,3)4/h6-12,21H,5H2,1-4H3,(H,20,22). The van der Waals surface area contributed by atoms with Gasteiger partial charge in [0.05, 0.1) is 11.3 Å². The van der Waals surface area contributed by atoms with Gasteiger partial charge in [-0.2, -0.15) is 0 Å². The van der Waals surface area contributed by atoms with Crippen LogP contribution in [0.1, 0.15) is 43.6 Å². The molecule has 4 nitrogen and oxygen atoms in total. The maximum absolute atomic E-state index is 12.4. The number of aryl methyl sites for hydroxylation is 1. The Kier molecular flexibility index (Phi) is 4.81. The maximum atomic E-state index is 12.4. The van der Waals surface area contributed by atoms with E-state index >= 15 is 0 Å². The number of hydrogen-bond donors (Lipinski definition) is 2. The van der Waals surface area contributed by atoms with E-state index < -0.39 is 0 Å². The molecule has 1 aromatic carbocycles. The lowest BCUT2D eigenvalue weighted by Gasteiger charge is -2.22. The number of carbonyl (C=O) groups is 1. The van der Waals surface area contributed by atoms with Crippen molar-refractivity contribution < 1.29 is 4.79 Å². The molecule has 0 aliphatic rings. The second-order valence-electron chi connectivity index (χ2n) is 6.30. The van der Waals surface area contributed by atoms with Crippen molar-refractivity contribution in [1.29, 1.82) is 0 Å². The van der Waals surface area contributed by atoms with Gasteiger partial charge in [-0.3, -0.25) is 9.78 Å². The molecule has 22 heavy (non-hydrogen) atoms. The quantitative estimate of drug-likeness (QED) is 0.893. The van der Waals surface area contributed by atoms with Crippen LogP contribution >= 0.6 is 0 Å². The van der Waals surface area contributed by atoms with Gasteiger partial charge in [-0.25, -0.2) is 0 Å². The van der Waals surface area contributed by atoms with Gasteiger partial charge in [-0.1, -0.05) is 25.1 Å². The summed E-state index contributed by atoms with van der Waals surface area (Å²) in [5, 5.41) is 6.28. The fraction of sp³-hybridized carbons (Fsp3) is 0.333. The van der Waals surface area contributed by atoms with Crippen molar-refractivity contribution in [3.8, 4) is 0 Å². The van der Waals surface area contributed by atoms with E-state index in [2.05, 4.69) is 43.3 Å². The second-order valence-corrected chi connectivity index (χ2v) is 6.30. The number of para-hydroxylation sites is 1. The molecule has 0 fully saturated rings. The third kappa shape index (κ3) is 4.32. The number of anilines is 2. The van der Waals surface area contributed by atoms with Crippen molar-refractivity contribution in [2.45, 2.75) is 39.7 Å². The van der Waals surface area contributed by atoms with Crippen LogP contribution < -0.4 is 10.6 Å². The van der Waals surface area contributed by atoms with Crippen LogP contribution in [0.25, 0.3) is 0 Å². The first kappa shape index (κ1) is 16.0. The summed E-state index contributed by atoms with van der Waals surface area (Å²) in [6, 6.07) is 9.66. The molecule has 0 spiro atoms. The number of carbonyl (C=O) groups excluding carboxylic acids is 1. The zero-order chi connectivity index (χ0) is 16.2. The van der Waals surface area contributed by atoms with E-state index in [1.165, 1.54) is 0 Å².